The Balaban J connectivity index is 1.81. The zero-order valence-electron chi connectivity index (χ0n) is 15.4. The van der Waals surface area contributed by atoms with Crippen molar-refractivity contribution in [2.75, 3.05) is 19.6 Å². The molecule has 25 heavy (non-hydrogen) atoms. The van der Waals surface area contributed by atoms with Gasteiger partial charge in [-0.25, -0.2) is 0 Å². The summed E-state index contributed by atoms with van der Waals surface area (Å²) in [6.07, 6.45) is 0.719. The van der Waals surface area contributed by atoms with Crippen LogP contribution in [0.1, 0.15) is 43.9 Å². The summed E-state index contributed by atoms with van der Waals surface area (Å²) in [7, 11) is 0. The molecule has 1 aromatic carbocycles. The number of carbonyl (C=O) groups is 1. The van der Waals surface area contributed by atoms with Crippen LogP contribution in [0.25, 0.3) is 11.4 Å². The summed E-state index contributed by atoms with van der Waals surface area (Å²) >= 11 is 0. The van der Waals surface area contributed by atoms with Gasteiger partial charge >= 0.3 is 0 Å². The Labute approximate surface area is 148 Å². The van der Waals surface area contributed by atoms with Gasteiger partial charge in [0.1, 0.15) is 0 Å². The van der Waals surface area contributed by atoms with Crippen molar-refractivity contribution in [2.45, 2.75) is 40.2 Å². The van der Waals surface area contributed by atoms with Gasteiger partial charge in [0, 0.05) is 43.2 Å². The predicted octanol–water partition coefficient (Wildman–Crippen LogP) is 2.76. The van der Waals surface area contributed by atoms with Gasteiger partial charge in [-0.1, -0.05) is 38.1 Å². The van der Waals surface area contributed by atoms with Crippen LogP contribution in [-0.4, -0.2) is 46.6 Å². The van der Waals surface area contributed by atoms with Crippen molar-refractivity contribution in [3.8, 4) is 11.4 Å². The standard InChI is InChI=1S/C19H26N4O2/c1-13-12-20-8-9-23(13)18(24)15-7-5-6-14(10-15)17-21-16(25-22-17)11-19(2,3)4/h5-7,10,13,20H,8-9,11-12H2,1-4H3/t13-/m1/s1. The molecule has 2 heterocycles. The first-order valence-corrected chi connectivity index (χ1v) is 8.78. The molecule has 0 radical (unpaired) electrons. The van der Waals surface area contributed by atoms with Gasteiger partial charge in [-0.2, -0.15) is 4.98 Å². The number of hydrogen-bond acceptors (Lipinski definition) is 5. The zero-order chi connectivity index (χ0) is 18.0. The highest BCUT2D eigenvalue weighted by molar-refractivity contribution is 5.95. The number of piperazine rings is 1. The molecule has 3 rings (SSSR count). The van der Waals surface area contributed by atoms with Crippen LogP contribution >= 0.6 is 0 Å². The molecule has 1 aliphatic heterocycles. The molecule has 134 valence electrons. The Hall–Kier alpha value is -2.21. The molecule has 0 bridgehead atoms. The molecular formula is C19H26N4O2. The normalized spacial score (nSPS) is 18.4. The molecule has 1 saturated heterocycles. The average molecular weight is 342 g/mol. The van der Waals surface area contributed by atoms with Gasteiger partial charge in [0.05, 0.1) is 0 Å². The maximum atomic E-state index is 12.8. The maximum Gasteiger partial charge on any atom is 0.254 e. The highest BCUT2D eigenvalue weighted by Gasteiger charge is 2.24. The Morgan fingerprint density at radius 3 is 2.92 bits per heavy atom. The van der Waals surface area contributed by atoms with Gasteiger partial charge in [0.25, 0.3) is 5.91 Å². The molecule has 6 nitrogen and oxygen atoms in total. The number of amides is 1. The van der Waals surface area contributed by atoms with E-state index in [1.54, 1.807) is 0 Å². The number of aromatic nitrogens is 2. The van der Waals surface area contributed by atoms with Gasteiger partial charge in [0.15, 0.2) is 0 Å². The topological polar surface area (TPSA) is 71.3 Å². The van der Waals surface area contributed by atoms with Crippen LogP contribution < -0.4 is 5.32 Å². The van der Waals surface area contributed by atoms with Crippen LogP contribution in [0.3, 0.4) is 0 Å². The van der Waals surface area contributed by atoms with Crippen molar-refractivity contribution < 1.29 is 9.32 Å². The van der Waals surface area contributed by atoms with Crippen molar-refractivity contribution in [3.05, 3.63) is 35.7 Å². The molecule has 0 saturated carbocycles. The second kappa shape index (κ2) is 6.96. The number of carbonyl (C=O) groups excluding carboxylic acids is 1. The quantitative estimate of drug-likeness (QED) is 0.929. The Morgan fingerprint density at radius 1 is 1.40 bits per heavy atom. The lowest BCUT2D eigenvalue weighted by Crippen LogP contribution is -2.52. The summed E-state index contributed by atoms with van der Waals surface area (Å²) in [5.74, 6) is 1.20. The van der Waals surface area contributed by atoms with E-state index >= 15 is 0 Å². The van der Waals surface area contributed by atoms with Crippen LogP contribution in [0.5, 0.6) is 0 Å². The Kier molecular flexibility index (Phi) is 4.90. The monoisotopic (exact) mass is 342 g/mol. The molecule has 1 aliphatic rings. The van der Waals surface area contributed by atoms with Gasteiger partial charge in [-0.05, 0) is 24.5 Å². The van der Waals surface area contributed by atoms with E-state index in [-0.39, 0.29) is 17.4 Å². The van der Waals surface area contributed by atoms with Crippen molar-refractivity contribution in [1.29, 1.82) is 0 Å². The minimum absolute atomic E-state index is 0.0502. The molecule has 1 fully saturated rings. The first-order chi connectivity index (χ1) is 11.8. The third-order valence-corrected chi connectivity index (χ3v) is 4.28. The smallest absolute Gasteiger partial charge is 0.254 e. The zero-order valence-corrected chi connectivity index (χ0v) is 15.4. The number of rotatable bonds is 3. The van der Waals surface area contributed by atoms with E-state index in [2.05, 4.69) is 43.2 Å². The van der Waals surface area contributed by atoms with E-state index in [4.69, 9.17) is 4.52 Å². The second-order valence-corrected chi connectivity index (χ2v) is 7.88. The van der Waals surface area contributed by atoms with Gasteiger partial charge in [-0.3, -0.25) is 4.79 Å². The van der Waals surface area contributed by atoms with Crippen LogP contribution in [0.15, 0.2) is 28.8 Å². The van der Waals surface area contributed by atoms with Crippen molar-refractivity contribution in [2.24, 2.45) is 5.41 Å². The molecule has 0 aliphatic carbocycles. The highest BCUT2D eigenvalue weighted by Crippen LogP contribution is 2.23. The molecule has 1 amide bonds. The molecule has 0 spiro atoms. The van der Waals surface area contributed by atoms with Gasteiger partial charge in [-0.15, -0.1) is 0 Å². The predicted molar refractivity (Wildman–Crippen MR) is 96.3 cm³/mol. The Morgan fingerprint density at radius 2 is 2.20 bits per heavy atom. The summed E-state index contributed by atoms with van der Waals surface area (Å²) in [6.45, 7) is 10.8. The molecule has 6 heteroatoms. The minimum Gasteiger partial charge on any atom is -0.339 e. The highest BCUT2D eigenvalue weighted by atomic mass is 16.5. The van der Waals surface area contributed by atoms with E-state index in [9.17, 15) is 4.79 Å². The lowest BCUT2D eigenvalue weighted by Gasteiger charge is -2.34. The van der Waals surface area contributed by atoms with Gasteiger partial charge < -0.3 is 14.7 Å². The fourth-order valence-corrected chi connectivity index (χ4v) is 3.00. The van der Waals surface area contributed by atoms with E-state index in [0.29, 0.717) is 17.3 Å². The number of nitrogens with zero attached hydrogens (tertiary/aromatic N) is 3. The molecule has 1 N–H and O–H groups in total. The van der Waals surface area contributed by atoms with Crippen molar-refractivity contribution in [1.82, 2.24) is 20.4 Å². The number of hydrogen-bond donors (Lipinski definition) is 1. The van der Waals surface area contributed by atoms with E-state index in [1.807, 2.05) is 29.2 Å². The van der Waals surface area contributed by atoms with Crippen LogP contribution in [0.4, 0.5) is 0 Å². The van der Waals surface area contributed by atoms with Crippen molar-refractivity contribution >= 4 is 5.91 Å². The van der Waals surface area contributed by atoms with E-state index in [1.165, 1.54) is 0 Å². The molecule has 0 unspecified atom stereocenters. The lowest BCUT2D eigenvalue weighted by atomic mass is 9.92. The minimum atomic E-state index is 0.0502. The van der Waals surface area contributed by atoms with Gasteiger partial charge in [0.2, 0.25) is 11.7 Å². The summed E-state index contributed by atoms with van der Waals surface area (Å²) in [6, 6.07) is 7.66. The average Bonchev–Trinajstić information content (AvgIpc) is 3.01. The van der Waals surface area contributed by atoms with Crippen molar-refractivity contribution in [3.63, 3.8) is 0 Å². The first-order valence-electron chi connectivity index (χ1n) is 8.78. The van der Waals surface area contributed by atoms with Crippen LogP contribution in [-0.2, 0) is 6.42 Å². The summed E-state index contributed by atoms with van der Waals surface area (Å²) in [5, 5.41) is 7.38. The molecule has 2 aromatic rings. The second-order valence-electron chi connectivity index (χ2n) is 7.88. The van der Waals surface area contributed by atoms with Crippen LogP contribution in [0, 0.1) is 5.41 Å². The number of benzene rings is 1. The number of nitrogens with one attached hydrogen (secondary N) is 1. The van der Waals surface area contributed by atoms with Crippen LogP contribution in [0.2, 0.25) is 0 Å². The third-order valence-electron chi connectivity index (χ3n) is 4.28. The summed E-state index contributed by atoms with van der Waals surface area (Å²) < 4.78 is 5.36. The fraction of sp³-hybridized carbons (Fsp3) is 0.526. The van der Waals surface area contributed by atoms with E-state index < -0.39 is 0 Å². The molecule has 1 aromatic heterocycles. The summed E-state index contributed by atoms with van der Waals surface area (Å²) in [4.78, 5) is 19.2. The first kappa shape index (κ1) is 17.6. The molecular weight excluding hydrogens is 316 g/mol. The summed E-state index contributed by atoms with van der Waals surface area (Å²) in [5.41, 5.74) is 1.55. The fourth-order valence-electron chi connectivity index (χ4n) is 3.00. The SMILES string of the molecule is C[C@@H]1CNCCN1C(=O)c1cccc(-c2noc(CC(C)(C)C)n2)c1. The molecule has 1 atom stereocenters. The maximum absolute atomic E-state index is 12.8. The lowest BCUT2D eigenvalue weighted by molar-refractivity contribution is 0.0656. The third kappa shape index (κ3) is 4.25. The largest absolute Gasteiger partial charge is 0.339 e. The Bertz CT molecular complexity index is 748. The van der Waals surface area contributed by atoms with E-state index in [0.717, 1.165) is 31.6 Å².